The molecule has 2 aromatic rings. The third-order valence-electron chi connectivity index (χ3n) is 6.72. The van der Waals surface area contributed by atoms with Crippen LogP contribution in [0.1, 0.15) is 48.3 Å². The van der Waals surface area contributed by atoms with Crippen molar-refractivity contribution in [1.29, 1.82) is 0 Å². The van der Waals surface area contributed by atoms with Crippen LogP contribution in [0, 0.1) is 12.8 Å². The first-order valence-corrected chi connectivity index (χ1v) is 11.6. The number of allylic oxidation sites excluding steroid dienone is 1. The molecule has 1 heterocycles. The Kier molecular flexibility index (Phi) is 7.27. The zero-order chi connectivity index (χ0) is 24.2. The van der Waals surface area contributed by atoms with Gasteiger partial charge in [0.2, 0.25) is 0 Å². The molecule has 1 unspecified atom stereocenters. The third kappa shape index (κ3) is 4.82. The molecule has 0 N–H and O–H groups in total. The van der Waals surface area contributed by atoms with Crippen molar-refractivity contribution < 1.29 is 23.8 Å². The topological polar surface area (TPSA) is 74.2 Å². The largest absolute Gasteiger partial charge is 0.497 e. The zero-order valence-corrected chi connectivity index (χ0v) is 20.2. The summed E-state index contributed by atoms with van der Waals surface area (Å²) in [5.74, 6) is -0.374. The lowest BCUT2D eigenvalue weighted by molar-refractivity contribution is -0.140. The molecule has 4 rings (SSSR count). The Hall–Kier alpha value is -3.25. The Morgan fingerprint density at radius 3 is 2.24 bits per heavy atom. The van der Waals surface area contributed by atoms with Gasteiger partial charge in [-0.05, 0) is 49.4 Å². The van der Waals surface area contributed by atoms with Crippen LogP contribution in [0.3, 0.4) is 0 Å². The van der Waals surface area contributed by atoms with Gasteiger partial charge in [-0.2, -0.15) is 0 Å². The molecule has 2 aromatic carbocycles. The monoisotopic (exact) mass is 461 g/mol. The average molecular weight is 462 g/mol. The van der Waals surface area contributed by atoms with Gasteiger partial charge in [0.1, 0.15) is 18.1 Å². The number of ether oxygens (including phenoxy) is 3. The van der Waals surface area contributed by atoms with E-state index in [-0.39, 0.29) is 18.3 Å². The standard InChI is InChI=1S/C28H31NO5/c1-17-5-7-20(8-6-17)26-25(28(31)34-14-13-32-3)18(2)29-23-15-21(16-24(30)27(23)26)19-9-11-22(33-4)12-10-19/h5-12,21,26-27H,13-16H2,1-4H3/t21-,26+,27?/m1/s1. The molecule has 0 spiro atoms. The number of carbonyl (C=O) groups excluding carboxylic acids is 2. The van der Waals surface area contributed by atoms with Gasteiger partial charge in [0.05, 0.1) is 25.2 Å². The van der Waals surface area contributed by atoms with Gasteiger partial charge in [-0.1, -0.05) is 42.0 Å². The van der Waals surface area contributed by atoms with Crippen molar-refractivity contribution in [2.45, 2.75) is 38.5 Å². The van der Waals surface area contributed by atoms with Crippen molar-refractivity contribution in [3.8, 4) is 5.75 Å². The highest BCUT2D eigenvalue weighted by atomic mass is 16.6. The number of hydrogen-bond donors (Lipinski definition) is 0. The van der Waals surface area contributed by atoms with Crippen LogP contribution < -0.4 is 4.74 Å². The second-order valence-electron chi connectivity index (χ2n) is 8.94. The maximum absolute atomic E-state index is 13.6. The van der Waals surface area contributed by atoms with Crippen LogP contribution in [-0.2, 0) is 19.1 Å². The predicted molar refractivity (Wildman–Crippen MR) is 130 cm³/mol. The molecule has 1 fully saturated rings. The van der Waals surface area contributed by atoms with E-state index in [9.17, 15) is 9.59 Å². The summed E-state index contributed by atoms with van der Waals surface area (Å²) in [6, 6.07) is 15.9. The van der Waals surface area contributed by atoms with E-state index in [1.54, 1.807) is 14.2 Å². The quantitative estimate of drug-likeness (QED) is 0.439. The van der Waals surface area contributed by atoms with E-state index in [4.69, 9.17) is 19.2 Å². The molecule has 0 saturated heterocycles. The fourth-order valence-electron chi connectivity index (χ4n) is 4.98. The molecule has 1 aliphatic carbocycles. The summed E-state index contributed by atoms with van der Waals surface area (Å²) in [5.41, 5.74) is 5.06. The van der Waals surface area contributed by atoms with Gasteiger partial charge in [-0.3, -0.25) is 9.79 Å². The first-order chi connectivity index (χ1) is 16.4. The van der Waals surface area contributed by atoms with E-state index in [2.05, 4.69) is 0 Å². The van der Waals surface area contributed by atoms with Crippen LogP contribution in [0.5, 0.6) is 5.75 Å². The number of carbonyl (C=O) groups is 2. The molecule has 1 aliphatic heterocycles. The van der Waals surface area contributed by atoms with Gasteiger partial charge in [0.15, 0.2) is 0 Å². The number of fused-ring (bicyclic) bond motifs is 1. The van der Waals surface area contributed by atoms with Crippen molar-refractivity contribution in [1.82, 2.24) is 0 Å². The minimum Gasteiger partial charge on any atom is -0.497 e. The highest BCUT2D eigenvalue weighted by Gasteiger charge is 2.46. The SMILES string of the molecule is COCCOC(=O)C1=C(C)N=C2C[C@@H](c3ccc(OC)cc3)CC(=O)C2[C@H]1c1ccc(C)cc1. The van der Waals surface area contributed by atoms with Gasteiger partial charge in [-0.25, -0.2) is 4.79 Å². The Morgan fingerprint density at radius 1 is 0.912 bits per heavy atom. The van der Waals surface area contributed by atoms with Crippen LogP contribution in [0.25, 0.3) is 0 Å². The van der Waals surface area contributed by atoms with Crippen molar-refractivity contribution in [3.05, 3.63) is 76.5 Å². The number of rotatable bonds is 7. The number of Topliss-reactive ketones (excluding diaryl/α,β-unsaturated/α-hetero) is 1. The molecule has 0 amide bonds. The number of esters is 1. The molecular formula is C28H31NO5. The number of aryl methyl sites for hydroxylation is 1. The van der Waals surface area contributed by atoms with E-state index < -0.39 is 17.8 Å². The van der Waals surface area contributed by atoms with Crippen LogP contribution in [0.4, 0.5) is 0 Å². The molecule has 0 bridgehead atoms. The molecule has 0 radical (unpaired) electrons. The molecule has 0 aromatic heterocycles. The molecule has 6 heteroatoms. The van der Waals surface area contributed by atoms with Crippen molar-refractivity contribution in [3.63, 3.8) is 0 Å². The van der Waals surface area contributed by atoms with E-state index in [1.807, 2.05) is 62.4 Å². The Bertz CT molecular complexity index is 1110. The molecule has 6 nitrogen and oxygen atoms in total. The van der Waals surface area contributed by atoms with Gasteiger partial charge < -0.3 is 14.2 Å². The van der Waals surface area contributed by atoms with Gasteiger partial charge in [-0.15, -0.1) is 0 Å². The number of methoxy groups -OCH3 is 2. The lowest BCUT2D eigenvalue weighted by atomic mass is 9.66. The highest BCUT2D eigenvalue weighted by Crippen LogP contribution is 2.46. The van der Waals surface area contributed by atoms with Crippen molar-refractivity contribution in [2.75, 3.05) is 27.4 Å². The molecule has 2 aliphatic rings. The smallest absolute Gasteiger partial charge is 0.336 e. The second-order valence-corrected chi connectivity index (χ2v) is 8.94. The first kappa shape index (κ1) is 23.9. The molecule has 178 valence electrons. The van der Waals surface area contributed by atoms with E-state index in [0.29, 0.717) is 30.7 Å². The predicted octanol–water partition coefficient (Wildman–Crippen LogP) is 4.77. The Labute approximate surface area is 200 Å². The van der Waals surface area contributed by atoms with Gasteiger partial charge in [0, 0.05) is 30.9 Å². The van der Waals surface area contributed by atoms with E-state index in [0.717, 1.165) is 28.2 Å². The summed E-state index contributed by atoms with van der Waals surface area (Å²) < 4.78 is 15.8. The van der Waals surface area contributed by atoms with Crippen molar-refractivity contribution >= 4 is 17.5 Å². The molecule has 1 saturated carbocycles. The van der Waals surface area contributed by atoms with Crippen LogP contribution in [0.15, 0.2) is 64.8 Å². The summed E-state index contributed by atoms with van der Waals surface area (Å²) in [5, 5.41) is 0. The van der Waals surface area contributed by atoms with Gasteiger partial charge in [0.25, 0.3) is 0 Å². The van der Waals surface area contributed by atoms with Gasteiger partial charge >= 0.3 is 5.97 Å². The van der Waals surface area contributed by atoms with E-state index in [1.165, 1.54) is 0 Å². The fraction of sp³-hybridized carbons (Fsp3) is 0.393. The number of nitrogens with zero attached hydrogens (tertiary/aromatic N) is 1. The average Bonchev–Trinajstić information content (AvgIpc) is 2.83. The fourth-order valence-corrected chi connectivity index (χ4v) is 4.98. The number of benzene rings is 2. The lowest BCUT2D eigenvalue weighted by Crippen LogP contribution is -2.41. The summed E-state index contributed by atoms with van der Waals surface area (Å²) in [6.07, 6.45) is 1.08. The molecule has 34 heavy (non-hydrogen) atoms. The minimum atomic E-state index is -0.467. The minimum absolute atomic E-state index is 0.0510. The lowest BCUT2D eigenvalue weighted by Gasteiger charge is -2.38. The normalized spacial score (nSPS) is 22.2. The Morgan fingerprint density at radius 2 is 1.59 bits per heavy atom. The number of ketones is 1. The summed E-state index contributed by atoms with van der Waals surface area (Å²) in [7, 11) is 3.20. The molecule has 3 atom stereocenters. The van der Waals surface area contributed by atoms with Crippen molar-refractivity contribution in [2.24, 2.45) is 10.9 Å². The van der Waals surface area contributed by atoms with Crippen LogP contribution in [0.2, 0.25) is 0 Å². The summed E-state index contributed by atoms with van der Waals surface area (Å²) in [4.78, 5) is 31.6. The summed E-state index contributed by atoms with van der Waals surface area (Å²) >= 11 is 0. The zero-order valence-electron chi connectivity index (χ0n) is 20.2. The maximum atomic E-state index is 13.6. The molecular weight excluding hydrogens is 430 g/mol. The maximum Gasteiger partial charge on any atom is 0.336 e. The third-order valence-corrected chi connectivity index (χ3v) is 6.72. The van der Waals surface area contributed by atoms with Crippen LogP contribution in [-0.4, -0.2) is 44.9 Å². The number of hydrogen-bond acceptors (Lipinski definition) is 6. The van der Waals surface area contributed by atoms with Crippen LogP contribution >= 0.6 is 0 Å². The Balaban J connectivity index is 1.72. The summed E-state index contributed by atoms with van der Waals surface area (Å²) in [6.45, 7) is 4.32. The van der Waals surface area contributed by atoms with E-state index >= 15 is 0 Å². The first-order valence-electron chi connectivity index (χ1n) is 11.6. The highest BCUT2D eigenvalue weighted by molar-refractivity contribution is 6.12. The second kappa shape index (κ2) is 10.3. The number of aliphatic imine (C=N–C) groups is 1.